The quantitative estimate of drug-likeness (QED) is 0.738. The minimum atomic E-state index is 0.256. The van der Waals surface area contributed by atoms with Crippen LogP contribution < -0.4 is 5.32 Å². The minimum absolute atomic E-state index is 0.256. The Balaban J connectivity index is 1.72. The number of halogens is 1. The Morgan fingerprint density at radius 2 is 1.93 bits per heavy atom. The Labute approximate surface area is 96.8 Å². The fourth-order valence-electron chi connectivity index (χ4n) is 2.32. The van der Waals surface area contributed by atoms with E-state index in [2.05, 4.69) is 5.32 Å². The monoisotopic (exact) mass is 229 g/mol. The Kier molecular flexibility index (Phi) is 3.55. The summed E-state index contributed by atoms with van der Waals surface area (Å²) in [6.07, 6.45) is 8.27. The molecule has 2 fully saturated rings. The fourth-order valence-corrected chi connectivity index (χ4v) is 2.68. The van der Waals surface area contributed by atoms with Crippen LogP contribution in [0.15, 0.2) is 0 Å². The van der Waals surface area contributed by atoms with Crippen molar-refractivity contribution in [2.75, 3.05) is 12.4 Å². The van der Waals surface area contributed by atoms with Gasteiger partial charge in [-0.15, -0.1) is 11.6 Å². The van der Waals surface area contributed by atoms with Gasteiger partial charge in [-0.2, -0.15) is 0 Å². The highest BCUT2D eigenvalue weighted by Gasteiger charge is 2.42. The van der Waals surface area contributed by atoms with Crippen molar-refractivity contribution in [1.82, 2.24) is 5.32 Å². The number of carbonyl (C=O) groups excluding carboxylic acids is 1. The first kappa shape index (κ1) is 11.3. The van der Waals surface area contributed by atoms with Crippen LogP contribution in [0, 0.1) is 11.3 Å². The predicted octanol–water partition coefficient (Wildman–Crippen LogP) is 2.70. The number of hydrogen-bond acceptors (Lipinski definition) is 1. The normalized spacial score (nSPS) is 24.9. The van der Waals surface area contributed by atoms with Gasteiger partial charge in [-0.3, -0.25) is 4.79 Å². The van der Waals surface area contributed by atoms with E-state index in [9.17, 15) is 4.79 Å². The second kappa shape index (κ2) is 4.73. The maximum atomic E-state index is 11.8. The molecule has 0 bridgehead atoms. The molecule has 0 saturated heterocycles. The van der Waals surface area contributed by atoms with Gasteiger partial charge in [0.05, 0.1) is 0 Å². The van der Waals surface area contributed by atoms with Crippen LogP contribution in [0.25, 0.3) is 0 Å². The number of nitrogens with one attached hydrogen (secondary N) is 1. The Bertz CT molecular complexity index is 232. The summed E-state index contributed by atoms with van der Waals surface area (Å²) in [5.74, 6) is 1.24. The Hall–Kier alpha value is -0.240. The van der Waals surface area contributed by atoms with Crippen molar-refractivity contribution in [2.45, 2.75) is 44.9 Å². The van der Waals surface area contributed by atoms with Crippen LogP contribution in [-0.2, 0) is 4.79 Å². The molecule has 0 aromatic carbocycles. The first-order valence-corrected chi connectivity index (χ1v) is 6.63. The molecule has 0 radical (unpaired) electrons. The molecule has 1 N–H and O–H groups in total. The number of rotatable bonds is 4. The molecule has 2 nitrogen and oxygen atoms in total. The van der Waals surface area contributed by atoms with Crippen LogP contribution in [0.5, 0.6) is 0 Å². The van der Waals surface area contributed by atoms with Gasteiger partial charge in [0.15, 0.2) is 0 Å². The van der Waals surface area contributed by atoms with Crippen molar-refractivity contribution in [1.29, 1.82) is 0 Å². The second-order valence-corrected chi connectivity index (χ2v) is 5.45. The first-order chi connectivity index (χ1) is 7.26. The maximum absolute atomic E-state index is 11.8. The van der Waals surface area contributed by atoms with Gasteiger partial charge < -0.3 is 5.32 Å². The Morgan fingerprint density at radius 3 is 2.47 bits per heavy atom. The first-order valence-electron chi connectivity index (χ1n) is 6.09. The largest absolute Gasteiger partial charge is 0.355 e. The lowest BCUT2D eigenvalue weighted by Crippen LogP contribution is -2.36. The zero-order valence-corrected chi connectivity index (χ0v) is 9.98. The third-order valence-electron chi connectivity index (χ3n) is 3.85. The number of hydrogen-bond donors (Lipinski definition) is 1. The van der Waals surface area contributed by atoms with Crippen LogP contribution in [0.2, 0.25) is 0 Å². The highest BCUT2D eigenvalue weighted by molar-refractivity contribution is 6.18. The van der Waals surface area contributed by atoms with Gasteiger partial charge in [-0.05, 0) is 25.7 Å². The fraction of sp³-hybridized carbons (Fsp3) is 0.917. The summed E-state index contributed by atoms with van der Waals surface area (Å²) in [5.41, 5.74) is 0.256. The van der Waals surface area contributed by atoms with E-state index < -0.39 is 0 Å². The molecule has 0 spiro atoms. The van der Waals surface area contributed by atoms with E-state index in [0.29, 0.717) is 5.88 Å². The van der Waals surface area contributed by atoms with Crippen LogP contribution >= 0.6 is 11.6 Å². The zero-order valence-electron chi connectivity index (χ0n) is 9.23. The Morgan fingerprint density at radius 1 is 1.27 bits per heavy atom. The van der Waals surface area contributed by atoms with E-state index in [4.69, 9.17) is 11.6 Å². The van der Waals surface area contributed by atoms with E-state index >= 15 is 0 Å². The van der Waals surface area contributed by atoms with Crippen molar-refractivity contribution >= 4 is 17.5 Å². The highest BCUT2D eigenvalue weighted by Crippen LogP contribution is 2.45. The van der Waals surface area contributed by atoms with Crippen molar-refractivity contribution < 1.29 is 4.79 Å². The molecule has 2 saturated carbocycles. The summed E-state index contributed by atoms with van der Waals surface area (Å²) in [5, 5.41) is 3.08. The van der Waals surface area contributed by atoms with Gasteiger partial charge in [0.1, 0.15) is 0 Å². The van der Waals surface area contributed by atoms with Gasteiger partial charge in [-0.25, -0.2) is 0 Å². The summed E-state index contributed by atoms with van der Waals surface area (Å²) < 4.78 is 0. The van der Waals surface area contributed by atoms with Gasteiger partial charge in [0, 0.05) is 23.8 Å². The van der Waals surface area contributed by atoms with Crippen LogP contribution in [-0.4, -0.2) is 18.3 Å². The highest BCUT2D eigenvalue weighted by atomic mass is 35.5. The molecule has 0 aromatic heterocycles. The van der Waals surface area contributed by atoms with Crippen molar-refractivity contribution in [3.63, 3.8) is 0 Å². The van der Waals surface area contributed by atoms with Crippen molar-refractivity contribution in [3.8, 4) is 0 Å². The minimum Gasteiger partial charge on any atom is -0.355 e. The molecular formula is C12H20ClNO. The summed E-state index contributed by atoms with van der Waals surface area (Å²) in [7, 11) is 0. The lowest BCUT2D eigenvalue weighted by Gasteiger charge is -2.22. The van der Waals surface area contributed by atoms with E-state index in [0.717, 1.165) is 19.4 Å². The van der Waals surface area contributed by atoms with Gasteiger partial charge in [0.25, 0.3) is 0 Å². The molecule has 0 aromatic rings. The van der Waals surface area contributed by atoms with Crippen LogP contribution in [0.4, 0.5) is 0 Å². The lowest BCUT2D eigenvalue weighted by molar-refractivity contribution is -0.126. The summed E-state index contributed by atoms with van der Waals surface area (Å²) in [4.78, 5) is 11.8. The average Bonchev–Trinajstić information content (AvgIpc) is 3.08. The molecule has 2 rings (SSSR count). The van der Waals surface area contributed by atoms with E-state index in [-0.39, 0.29) is 17.2 Å². The molecule has 15 heavy (non-hydrogen) atoms. The van der Waals surface area contributed by atoms with Gasteiger partial charge in [0.2, 0.25) is 5.91 Å². The van der Waals surface area contributed by atoms with Gasteiger partial charge in [-0.1, -0.05) is 19.3 Å². The number of amides is 1. The molecule has 1 amide bonds. The van der Waals surface area contributed by atoms with Gasteiger partial charge >= 0.3 is 0 Å². The molecule has 2 aliphatic rings. The average molecular weight is 230 g/mol. The van der Waals surface area contributed by atoms with Crippen molar-refractivity contribution in [2.24, 2.45) is 11.3 Å². The van der Waals surface area contributed by atoms with E-state index in [1.165, 1.54) is 32.1 Å². The second-order valence-electron chi connectivity index (χ2n) is 5.19. The number of carbonyl (C=O) groups is 1. The van der Waals surface area contributed by atoms with Crippen LogP contribution in [0.3, 0.4) is 0 Å². The molecule has 0 aliphatic heterocycles. The molecule has 0 unspecified atom stereocenters. The van der Waals surface area contributed by atoms with Crippen LogP contribution in [0.1, 0.15) is 44.9 Å². The predicted molar refractivity (Wildman–Crippen MR) is 62.0 cm³/mol. The van der Waals surface area contributed by atoms with E-state index in [1.807, 2.05) is 0 Å². The SMILES string of the molecule is O=C(NCC1(CCl)CC1)C1CCCCC1. The standard InChI is InChI=1S/C12H20ClNO/c13-8-12(6-7-12)9-14-11(15)10-4-2-1-3-5-10/h10H,1-9H2,(H,14,15). The topological polar surface area (TPSA) is 29.1 Å². The lowest BCUT2D eigenvalue weighted by atomic mass is 9.88. The smallest absolute Gasteiger partial charge is 0.223 e. The molecule has 2 aliphatic carbocycles. The summed E-state index contributed by atoms with van der Waals surface area (Å²) in [6.45, 7) is 0.797. The summed E-state index contributed by atoms with van der Waals surface area (Å²) in [6, 6.07) is 0. The third kappa shape index (κ3) is 2.87. The molecular weight excluding hydrogens is 210 g/mol. The summed E-state index contributed by atoms with van der Waals surface area (Å²) >= 11 is 5.87. The van der Waals surface area contributed by atoms with E-state index in [1.54, 1.807) is 0 Å². The molecule has 3 heteroatoms. The number of alkyl halides is 1. The third-order valence-corrected chi connectivity index (χ3v) is 4.42. The molecule has 0 heterocycles. The zero-order chi connectivity index (χ0) is 10.7. The molecule has 0 atom stereocenters. The maximum Gasteiger partial charge on any atom is 0.223 e. The molecule has 86 valence electrons. The van der Waals surface area contributed by atoms with Crippen molar-refractivity contribution in [3.05, 3.63) is 0 Å².